The third kappa shape index (κ3) is 2.96. The molecular weight excluding hydrogens is 299 g/mol. The zero-order valence-electron chi connectivity index (χ0n) is 10.7. The van der Waals surface area contributed by atoms with Gasteiger partial charge >= 0.3 is 6.18 Å². The number of ether oxygens (including phenoxy) is 1. The summed E-state index contributed by atoms with van der Waals surface area (Å²) in [5.74, 6) is 0. The average Bonchev–Trinajstić information content (AvgIpc) is 2.87. The highest BCUT2D eigenvalue weighted by Crippen LogP contribution is 2.28. The largest absolute Gasteiger partial charge is 0.415 e. The van der Waals surface area contributed by atoms with Crippen LogP contribution in [0.15, 0.2) is 17.3 Å². The normalized spacial score (nSPS) is 22.1. The van der Waals surface area contributed by atoms with Gasteiger partial charge < -0.3 is 4.74 Å². The van der Waals surface area contributed by atoms with Gasteiger partial charge in [-0.25, -0.2) is 8.42 Å². The highest BCUT2D eigenvalue weighted by Gasteiger charge is 2.45. The molecule has 1 aromatic heterocycles. The lowest BCUT2D eigenvalue weighted by atomic mass is 10.3. The summed E-state index contributed by atoms with van der Waals surface area (Å²) in [6.45, 7) is 1.13. The minimum Gasteiger partial charge on any atom is -0.366 e. The summed E-state index contributed by atoms with van der Waals surface area (Å²) in [5.41, 5.74) is 0. The van der Waals surface area contributed by atoms with Gasteiger partial charge in [-0.2, -0.15) is 22.6 Å². The lowest BCUT2D eigenvalue weighted by Crippen LogP contribution is -2.50. The standard InChI is InChI=1S/C10H14F3N3O3S/c1-2-15-6-8(5-14-15)20(17,18)16-3-4-19-9(7-16)10(11,12)13/h5-6,9H,2-4,7H2,1H3/t9-/m1/s1. The van der Waals surface area contributed by atoms with Crippen molar-refractivity contribution in [2.45, 2.75) is 30.6 Å². The molecule has 2 rings (SSSR count). The fourth-order valence-corrected chi connectivity index (χ4v) is 3.22. The van der Waals surface area contributed by atoms with Gasteiger partial charge in [-0.15, -0.1) is 0 Å². The zero-order valence-corrected chi connectivity index (χ0v) is 11.5. The van der Waals surface area contributed by atoms with Crippen LogP contribution in [0.5, 0.6) is 0 Å². The summed E-state index contributed by atoms with van der Waals surface area (Å²) < 4.78 is 69.0. The Kier molecular flexibility index (Phi) is 4.07. The number of morpholine rings is 1. The summed E-state index contributed by atoms with van der Waals surface area (Å²) in [7, 11) is -3.97. The van der Waals surface area contributed by atoms with Crippen LogP contribution in [-0.2, 0) is 21.3 Å². The number of rotatable bonds is 3. The van der Waals surface area contributed by atoms with Crippen molar-refractivity contribution < 1.29 is 26.3 Å². The van der Waals surface area contributed by atoms with Crippen LogP contribution in [0.4, 0.5) is 13.2 Å². The van der Waals surface area contributed by atoms with Gasteiger partial charge in [0.2, 0.25) is 10.0 Å². The van der Waals surface area contributed by atoms with Crippen molar-refractivity contribution in [1.29, 1.82) is 0 Å². The van der Waals surface area contributed by atoms with Crippen LogP contribution < -0.4 is 0 Å². The molecule has 1 aromatic rings. The van der Waals surface area contributed by atoms with E-state index in [4.69, 9.17) is 0 Å². The topological polar surface area (TPSA) is 64.4 Å². The molecule has 1 saturated heterocycles. The molecule has 0 aromatic carbocycles. The molecule has 0 unspecified atom stereocenters. The summed E-state index contributed by atoms with van der Waals surface area (Å²) >= 11 is 0. The van der Waals surface area contributed by atoms with Crippen LogP contribution >= 0.6 is 0 Å². The maximum absolute atomic E-state index is 12.6. The van der Waals surface area contributed by atoms with Crippen molar-refractivity contribution in [3.8, 4) is 0 Å². The summed E-state index contributed by atoms with van der Waals surface area (Å²) in [5, 5.41) is 3.82. The number of aryl methyl sites for hydroxylation is 1. The molecule has 1 atom stereocenters. The molecule has 0 aliphatic carbocycles. The molecule has 0 radical (unpaired) electrons. The average molecular weight is 313 g/mol. The van der Waals surface area contributed by atoms with Crippen molar-refractivity contribution in [1.82, 2.24) is 14.1 Å². The minimum atomic E-state index is -4.58. The van der Waals surface area contributed by atoms with Crippen LogP contribution in [0.1, 0.15) is 6.92 Å². The SMILES string of the molecule is CCn1cc(S(=O)(=O)N2CCO[C@@H](C(F)(F)F)C2)cn1. The quantitative estimate of drug-likeness (QED) is 0.830. The molecule has 0 saturated carbocycles. The number of alkyl halides is 3. The van der Waals surface area contributed by atoms with E-state index in [9.17, 15) is 21.6 Å². The Bertz CT molecular complexity index is 570. The second kappa shape index (κ2) is 5.34. The molecule has 1 aliphatic rings. The number of hydrogen-bond acceptors (Lipinski definition) is 4. The molecule has 6 nitrogen and oxygen atoms in total. The van der Waals surface area contributed by atoms with Crippen molar-refractivity contribution in [3.05, 3.63) is 12.4 Å². The Morgan fingerprint density at radius 2 is 2.20 bits per heavy atom. The van der Waals surface area contributed by atoms with Crippen molar-refractivity contribution in [2.24, 2.45) is 0 Å². The molecule has 1 fully saturated rings. The van der Waals surface area contributed by atoms with Gasteiger partial charge in [-0.1, -0.05) is 0 Å². The number of sulfonamides is 1. The monoisotopic (exact) mass is 313 g/mol. The number of hydrogen-bond donors (Lipinski definition) is 0. The maximum Gasteiger partial charge on any atom is 0.415 e. The lowest BCUT2D eigenvalue weighted by molar-refractivity contribution is -0.231. The first-order valence-corrected chi connectivity index (χ1v) is 7.40. The zero-order chi connectivity index (χ0) is 15.0. The van der Waals surface area contributed by atoms with E-state index >= 15 is 0 Å². The van der Waals surface area contributed by atoms with Gasteiger partial charge in [0.05, 0.1) is 12.8 Å². The van der Waals surface area contributed by atoms with Crippen LogP contribution in [0.25, 0.3) is 0 Å². The maximum atomic E-state index is 12.6. The Morgan fingerprint density at radius 1 is 1.50 bits per heavy atom. The highest BCUT2D eigenvalue weighted by molar-refractivity contribution is 7.89. The molecule has 0 bridgehead atoms. The molecule has 10 heteroatoms. The second-order valence-electron chi connectivity index (χ2n) is 4.30. The third-order valence-electron chi connectivity index (χ3n) is 2.97. The van der Waals surface area contributed by atoms with Gasteiger partial charge in [0.25, 0.3) is 0 Å². The second-order valence-corrected chi connectivity index (χ2v) is 6.23. The summed E-state index contributed by atoms with van der Waals surface area (Å²) in [6, 6.07) is 0. The van der Waals surface area contributed by atoms with Crippen molar-refractivity contribution in [2.75, 3.05) is 19.7 Å². The fraction of sp³-hybridized carbons (Fsp3) is 0.700. The molecule has 2 heterocycles. The fourth-order valence-electron chi connectivity index (χ4n) is 1.84. The highest BCUT2D eigenvalue weighted by atomic mass is 32.2. The first kappa shape index (κ1) is 15.3. The van der Waals surface area contributed by atoms with Gasteiger partial charge in [-0.3, -0.25) is 4.68 Å². The number of nitrogens with zero attached hydrogens (tertiary/aromatic N) is 3. The predicted molar refractivity (Wildman–Crippen MR) is 62.5 cm³/mol. The molecule has 20 heavy (non-hydrogen) atoms. The van der Waals surface area contributed by atoms with E-state index in [2.05, 4.69) is 9.84 Å². The molecule has 0 spiro atoms. The minimum absolute atomic E-state index is 0.105. The Morgan fingerprint density at radius 3 is 2.75 bits per heavy atom. The van der Waals surface area contributed by atoms with Crippen LogP contribution in [0.2, 0.25) is 0 Å². The Balaban J connectivity index is 2.21. The first-order valence-electron chi connectivity index (χ1n) is 5.96. The van der Waals surface area contributed by atoms with Gasteiger partial charge in [-0.05, 0) is 6.92 Å². The van der Waals surface area contributed by atoms with Gasteiger partial charge in [0, 0.05) is 25.8 Å². The molecular formula is C10H14F3N3O3S. The molecule has 0 amide bonds. The van der Waals surface area contributed by atoms with E-state index < -0.39 is 28.8 Å². The first-order chi connectivity index (χ1) is 9.25. The Hall–Kier alpha value is -1.13. The lowest BCUT2D eigenvalue weighted by Gasteiger charge is -2.32. The van der Waals surface area contributed by atoms with Crippen LogP contribution in [0.3, 0.4) is 0 Å². The van der Waals surface area contributed by atoms with Crippen molar-refractivity contribution >= 4 is 10.0 Å². The van der Waals surface area contributed by atoms with Gasteiger partial charge in [0.1, 0.15) is 4.90 Å². The Labute approximate surface area is 114 Å². The third-order valence-corrected chi connectivity index (χ3v) is 4.78. The number of aromatic nitrogens is 2. The van der Waals surface area contributed by atoms with Crippen molar-refractivity contribution in [3.63, 3.8) is 0 Å². The van der Waals surface area contributed by atoms with E-state index in [0.29, 0.717) is 6.54 Å². The summed E-state index contributed by atoms with van der Waals surface area (Å²) in [6.07, 6.45) is -4.24. The van der Waals surface area contributed by atoms with E-state index in [0.717, 1.165) is 10.5 Å². The van der Waals surface area contributed by atoms with E-state index in [-0.39, 0.29) is 18.0 Å². The molecule has 114 valence electrons. The number of halogens is 3. The van der Waals surface area contributed by atoms with E-state index in [1.165, 1.54) is 10.9 Å². The predicted octanol–water partition coefficient (Wildman–Crippen LogP) is 0.855. The molecule has 1 aliphatic heterocycles. The smallest absolute Gasteiger partial charge is 0.366 e. The van der Waals surface area contributed by atoms with Gasteiger partial charge in [0.15, 0.2) is 6.10 Å². The van der Waals surface area contributed by atoms with E-state index in [1.54, 1.807) is 6.92 Å². The van der Waals surface area contributed by atoms with E-state index in [1.807, 2.05) is 0 Å². The van der Waals surface area contributed by atoms with Crippen LogP contribution in [-0.4, -0.2) is 54.5 Å². The summed E-state index contributed by atoms with van der Waals surface area (Å²) in [4.78, 5) is -0.109. The van der Waals surface area contributed by atoms with Crippen LogP contribution in [0, 0.1) is 0 Å². The molecule has 0 N–H and O–H groups in total.